The van der Waals surface area contributed by atoms with Gasteiger partial charge in [-0.3, -0.25) is 4.90 Å². The number of rotatable bonds is 5. The number of aliphatic hydroxyl groups excluding tert-OH is 1. The fourth-order valence-electron chi connectivity index (χ4n) is 3.13. The van der Waals surface area contributed by atoms with E-state index >= 15 is 0 Å². The fourth-order valence-corrected chi connectivity index (χ4v) is 3.73. The summed E-state index contributed by atoms with van der Waals surface area (Å²) in [5, 5.41) is 13.7. The quantitative estimate of drug-likeness (QED) is 0.918. The molecule has 0 spiro atoms. The molecule has 1 fully saturated rings. The number of thiazole rings is 1. The zero-order valence-corrected chi connectivity index (χ0v) is 13.2. The number of hydrogen-bond donors (Lipinski definition) is 1. The van der Waals surface area contributed by atoms with Crippen LogP contribution >= 0.6 is 11.3 Å². The van der Waals surface area contributed by atoms with Gasteiger partial charge in [0.05, 0.1) is 16.8 Å². The van der Waals surface area contributed by atoms with E-state index in [1.807, 2.05) is 30.3 Å². The van der Waals surface area contributed by atoms with E-state index < -0.39 is 0 Å². The Morgan fingerprint density at radius 1 is 1.38 bits per heavy atom. The second-order valence-electron chi connectivity index (χ2n) is 5.79. The molecule has 2 atom stereocenters. The first-order valence-corrected chi connectivity index (χ1v) is 8.48. The average Bonchev–Trinajstić information content (AvgIpc) is 3.10. The number of aryl methyl sites for hydroxylation is 1. The monoisotopic (exact) mass is 302 g/mol. The zero-order valence-electron chi connectivity index (χ0n) is 12.4. The van der Waals surface area contributed by atoms with Gasteiger partial charge in [-0.1, -0.05) is 30.3 Å². The van der Waals surface area contributed by atoms with Crippen LogP contribution in [0.15, 0.2) is 35.7 Å². The summed E-state index contributed by atoms with van der Waals surface area (Å²) < 4.78 is 0. The minimum Gasteiger partial charge on any atom is -0.388 e. The van der Waals surface area contributed by atoms with E-state index in [0.717, 1.165) is 30.1 Å². The molecule has 4 heteroatoms. The van der Waals surface area contributed by atoms with Crippen LogP contribution in [-0.4, -0.2) is 27.6 Å². The molecule has 1 N–H and O–H groups in total. The molecular formula is C17H22N2OS. The maximum atomic E-state index is 10.4. The van der Waals surface area contributed by atoms with E-state index in [-0.39, 0.29) is 6.10 Å². The van der Waals surface area contributed by atoms with Crippen molar-refractivity contribution in [2.45, 2.75) is 44.9 Å². The molecule has 1 aromatic heterocycles. The minimum atomic E-state index is -0.367. The molecule has 0 amide bonds. The van der Waals surface area contributed by atoms with Gasteiger partial charge in [-0.15, -0.1) is 11.3 Å². The normalized spacial score (nSPS) is 20.8. The molecular weight excluding hydrogens is 280 g/mol. The highest BCUT2D eigenvalue weighted by molar-refractivity contribution is 7.09. The molecule has 112 valence electrons. The maximum Gasteiger partial charge on any atom is 0.0897 e. The summed E-state index contributed by atoms with van der Waals surface area (Å²) in [6.07, 6.45) is 2.84. The van der Waals surface area contributed by atoms with E-state index in [1.165, 1.54) is 18.5 Å². The molecule has 21 heavy (non-hydrogen) atoms. The Bertz CT molecular complexity index is 569. The van der Waals surface area contributed by atoms with Crippen LogP contribution in [0.25, 0.3) is 0 Å². The van der Waals surface area contributed by atoms with Crippen LogP contribution in [0.5, 0.6) is 0 Å². The highest BCUT2D eigenvalue weighted by atomic mass is 32.1. The number of nitrogens with zero attached hydrogens (tertiary/aromatic N) is 2. The summed E-state index contributed by atoms with van der Waals surface area (Å²) >= 11 is 1.71. The molecule has 1 saturated heterocycles. The van der Waals surface area contributed by atoms with Crippen molar-refractivity contribution in [3.8, 4) is 0 Å². The molecule has 0 aliphatic carbocycles. The summed E-state index contributed by atoms with van der Waals surface area (Å²) in [6.45, 7) is 4.08. The lowest BCUT2D eigenvalue weighted by molar-refractivity contribution is 0.117. The Labute approximate surface area is 130 Å². The van der Waals surface area contributed by atoms with Gasteiger partial charge in [0.15, 0.2) is 0 Å². The Morgan fingerprint density at radius 3 is 2.90 bits per heavy atom. The number of aliphatic hydroxyl groups is 1. The molecule has 1 aliphatic heterocycles. The number of likely N-dealkylation sites (tertiary alicyclic amines) is 1. The van der Waals surface area contributed by atoms with Crippen molar-refractivity contribution in [1.82, 2.24) is 9.88 Å². The van der Waals surface area contributed by atoms with Gasteiger partial charge in [0, 0.05) is 18.0 Å². The molecule has 0 radical (unpaired) electrons. The third-order valence-electron chi connectivity index (χ3n) is 4.21. The maximum absolute atomic E-state index is 10.4. The van der Waals surface area contributed by atoms with Crippen LogP contribution in [0.4, 0.5) is 0 Å². The Kier molecular flexibility index (Phi) is 4.68. The lowest BCUT2D eigenvalue weighted by Gasteiger charge is -2.25. The minimum absolute atomic E-state index is 0.367. The van der Waals surface area contributed by atoms with Crippen LogP contribution in [0.3, 0.4) is 0 Å². The van der Waals surface area contributed by atoms with Gasteiger partial charge >= 0.3 is 0 Å². The summed E-state index contributed by atoms with van der Waals surface area (Å²) in [6, 6.07) is 10.4. The van der Waals surface area contributed by atoms with Gasteiger partial charge in [0.2, 0.25) is 0 Å². The van der Waals surface area contributed by atoms with E-state index in [2.05, 4.69) is 22.2 Å². The summed E-state index contributed by atoms with van der Waals surface area (Å²) in [7, 11) is 0. The molecule has 0 saturated carbocycles. The molecule has 1 aliphatic rings. The highest BCUT2D eigenvalue weighted by Gasteiger charge is 2.27. The van der Waals surface area contributed by atoms with Crippen molar-refractivity contribution in [1.29, 1.82) is 0 Å². The fraction of sp³-hybridized carbons (Fsp3) is 0.471. The standard InChI is InChI=1S/C17H22N2OS/c1-13-18-15(12-21-13)11-19-9-5-8-16(19)10-17(20)14-6-3-2-4-7-14/h2-4,6-7,12,16-17,20H,5,8-11H2,1H3/t16-,17+/m0/s1. The van der Waals surface area contributed by atoms with Crippen LogP contribution in [-0.2, 0) is 6.54 Å². The van der Waals surface area contributed by atoms with Gasteiger partial charge in [-0.05, 0) is 38.3 Å². The molecule has 1 aromatic carbocycles. The average molecular weight is 302 g/mol. The van der Waals surface area contributed by atoms with Gasteiger partial charge in [0.25, 0.3) is 0 Å². The topological polar surface area (TPSA) is 36.4 Å². The van der Waals surface area contributed by atoms with Crippen molar-refractivity contribution in [2.75, 3.05) is 6.54 Å². The van der Waals surface area contributed by atoms with Crippen LogP contribution in [0.1, 0.15) is 41.6 Å². The van der Waals surface area contributed by atoms with Crippen molar-refractivity contribution >= 4 is 11.3 Å². The SMILES string of the molecule is Cc1nc(CN2CCC[C@H]2C[C@@H](O)c2ccccc2)cs1. The van der Waals surface area contributed by atoms with Crippen LogP contribution < -0.4 is 0 Å². The largest absolute Gasteiger partial charge is 0.388 e. The number of benzene rings is 1. The lowest BCUT2D eigenvalue weighted by atomic mass is 10.0. The van der Waals surface area contributed by atoms with Crippen molar-refractivity contribution in [3.63, 3.8) is 0 Å². The van der Waals surface area contributed by atoms with Crippen molar-refractivity contribution < 1.29 is 5.11 Å². The van der Waals surface area contributed by atoms with Gasteiger partial charge in [-0.25, -0.2) is 4.98 Å². The van der Waals surface area contributed by atoms with Crippen LogP contribution in [0, 0.1) is 6.92 Å². The van der Waals surface area contributed by atoms with Crippen LogP contribution in [0.2, 0.25) is 0 Å². The number of aromatic nitrogens is 1. The first kappa shape index (κ1) is 14.7. The van der Waals surface area contributed by atoms with Gasteiger partial charge < -0.3 is 5.11 Å². The second-order valence-corrected chi connectivity index (χ2v) is 6.85. The highest BCUT2D eigenvalue weighted by Crippen LogP contribution is 2.28. The molecule has 0 unspecified atom stereocenters. The molecule has 3 nitrogen and oxygen atoms in total. The molecule has 3 rings (SSSR count). The van der Waals surface area contributed by atoms with E-state index in [9.17, 15) is 5.11 Å². The van der Waals surface area contributed by atoms with Gasteiger partial charge in [0.1, 0.15) is 0 Å². The van der Waals surface area contributed by atoms with Gasteiger partial charge in [-0.2, -0.15) is 0 Å². The van der Waals surface area contributed by atoms with E-state index in [4.69, 9.17) is 0 Å². The third-order valence-corrected chi connectivity index (χ3v) is 5.03. The third kappa shape index (κ3) is 3.70. The summed E-state index contributed by atoms with van der Waals surface area (Å²) in [5.74, 6) is 0. The smallest absolute Gasteiger partial charge is 0.0897 e. The molecule has 0 bridgehead atoms. The Balaban J connectivity index is 1.61. The van der Waals surface area contributed by atoms with E-state index in [0.29, 0.717) is 6.04 Å². The first-order chi connectivity index (χ1) is 10.2. The number of hydrogen-bond acceptors (Lipinski definition) is 4. The summed E-state index contributed by atoms with van der Waals surface area (Å²) in [5.41, 5.74) is 2.19. The predicted molar refractivity (Wildman–Crippen MR) is 86.3 cm³/mol. The van der Waals surface area contributed by atoms with E-state index in [1.54, 1.807) is 11.3 Å². The summed E-state index contributed by atoms with van der Waals surface area (Å²) in [4.78, 5) is 7.03. The Morgan fingerprint density at radius 2 is 2.19 bits per heavy atom. The van der Waals surface area contributed by atoms with Crippen molar-refractivity contribution in [3.05, 3.63) is 52.0 Å². The molecule has 2 heterocycles. The zero-order chi connectivity index (χ0) is 14.7. The lowest BCUT2D eigenvalue weighted by Crippen LogP contribution is -2.30. The predicted octanol–water partition coefficient (Wildman–Crippen LogP) is 3.54. The second kappa shape index (κ2) is 6.69. The van der Waals surface area contributed by atoms with Crippen molar-refractivity contribution in [2.24, 2.45) is 0 Å². The first-order valence-electron chi connectivity index (χ1n) is 7.60. The Hall–Kier alpha value is -1.23. The molecule has 2 aromatic rings.